The first kappa shape index (κ1) is 17.0. The average Bonchev–Trinajstić information content (AvgIpc) is 3.34. The standard InChI is InChI=1S/C21H31N/c1-5-18(6-2)14-16(3)20(12-11-19-9-10-19)15-21-8-7-13-22-17(21)4/h7-8,13,15,18-19H,3,5-6,9-12,14H2,1-2,4H3/b20-15+. The van der Waals surface area contributed by atoms with Gasteiger partial charge < -0.3 is 0 Å². The summed E-state index contributed by atoms with van der Waals surface area (Å²) >= 11 is 0. The van der Waals surface area contributed by atoms with Crippen LogP contribution in [0.1, 0.15) is 70.1 Å². The summed E-state index contributed by atoms with van der Waals surface area (Å²) in [6, 6.07) is 4.20. The maximum atomic E-state index is 4.43. The van der Waals surface area contributed by atoms with Crippen molar-refractivity contribution in [1.29, 1.82) is 0 Å². The number of pyridine rings is 1. The highest BCUT2D eigenvalue weighted by Crippen LogP contribution is 2.37. The number of hydrogen-bond donors (Lipinski definition) is 0. The Bertz CT molecular complexity index is 518. The molecule has 0 aliphatic heterocycles. The lowest BCUT2D eigenvalue weighted by Gasteiger charge is -2.17. The van der Waals surface area contributed by atoms with Crippen LogP contribution in [0.2, 0.25) is 0 Å². The van der Waals surface area contributed by atoms with Gasteiger partial charge in [0.2, 0.25) is 0 Å². The van der Waals surface area contributed by atoms with Crippen LogP contribution in [0.5, 0.6) is 0 Å². The molecule has 2 rings (SSSR count). The van der Waals surface area contributed by atoms with E-state index in [4.69, 9.17) is 0 Å². The normalized spacial score (nSPS) is 15.4. The molecule has 0 radical (unpaired) electrons. The third kappa shape index (κ3) is 5.12. The van der Waals surface area contributed by atoms with E-state index in [-0.39, 0.29) is 0 Å². The van der Waals surface area contributed by atoms with Crippen molar-refractivity contribution in [2.45, 2.75) is 65.7 Å². The molecule has 0 amide bonds. The van der Waals surface area contributed by atoms with Gasteiger partial charge in [-0.05, 0) is 61.3 Å². The summed E-state index contributed by atoms with van der Waals surface area (Å²) in [5, 5.41) is 0. The Labute approximate surface area is 136 Å². The largest absolute Gasteiger partial charge is 0.261 e. The van der Waals surface area contributed by atoms with Gasteiger partial charge in [-0.1, -0.05) is 57.7 Å². The van der Waals surface area contributed by atoms with Crippen molar-refractivity contribution in [1.82, 2.24) is 4.98 Å². The SMILES string of the molecule is C=C(CC(CC)CC)/C(=C/c1cccnc1C)CCC1CC1. The van der Waals surface area contributed by atoms with Crippen LogP contribution in [0.3, 0.4) is 0 Å². The molecule has 0 spiro atoms. The zero-order chi connectivity index (χ0) is 15.9. The molecule has 1 saturated carbocycles. The summed E-state index contributed by atoms with van der Waals surface area (Å²) in [4.78, 5) is 4.42. The van der Waals surface area contributed by atoms with Gasteiger partial charge in [-0.3, -0.25) is 4.98 Å². The lowest BCUT2D eigenvalue weighted by atomic mass is 9.88. The lowest BCUT2D eigenvalue weighted by Crippen LogP contribution is -2.01. The van der Waals surface area contributed by atoms with Gasteiger partial charge in [0.05, 0.1) is 0 Å². The molecule has 0 atom stereocenters. The van der Waals surface area contributed by atoms with Crippen molar-refractivity contribution in [2.24, 2.45) is 11.8 Å². The second kappa shape index (κ2) is 8.31. The minimum atomic E-state index is 0.770. The van der Waals surface area contributed by atoms with Crippen LogP contribution in [-0.2, 0) is 0 Å². The summed E-state index contributed by atoms with van der Waals surface area (Å²) < 4.78 is 0. The molecule has 1 heterocycles. The predicted molar refractivity (Wildman–Crippen MR) is 96.7 cm³/mol. The molecule has 0 unspecified atom stereocenters. The van der Waals surface area contributed by atoms with Gasteiger partial charge >= 0.3 is 0 Å². The topological polar surface area (TPSA) is 12.9 Å². The molecule has 1 heteroatoms. The molecule has 0 aromatic carbocycles. The third-order valence-corrected chi connectivity index (χ3v) is 5.04. The van der Waals surface area contributed by atoms with Crippen molar-refractivity contribution >= 4 is 6.08 Å². The first-order chi connectivity index (χ1) is 10.6. The molecule has 1 aromatic heterocycles. The molecule has 0 bridgehead atoms. The highest BCUT2D eigenvalue weighted by atomic mass is 14.7. The van der Waals surface area contributed by atoms with Crippen molar-refractivity contribution in [2.75, 3.05) is 0 Å². The van der Waals surface area contributed by atoms with Crippen LogP contribution >= 0.6 is 0 Å². The maximum Gasteiger partial charge on any atom is 0.0444 e. The summed E-state index contributed by atoms with van der Waals surface area (Å²) in [5.41, 5.74) is 5.16. The number of rotatable bonds is 9. The van der Waals surface area contributed by atoms with Crippen molar-refractivity contribution < 1.29 is 0 Å². The van der Waals surface area contributed by atoms with E-state index in [1.165, 1.54) is 55.2 Å². The highest BCUT2D eigenvalue weighted by Gasteiger charge is 2.21. The molecule has 0 saturated heterocycles. The molecular weight excluding hydrogens is 266 g/mol. The molecule has 1 aromatic rings. The van der Waals surface area contributed by atoms with Gasteiger partial charge in [-0.15, -0.1) is 0 Å². The number of hydrogen-bond acceptors (Lipinski definition) is 1. The molecule has 0 N–H and O–H groups in total. The van der Waals surface area contributed by atoms with E-state index in [1.807, 2.05) is 12.3 Å². The predicted octanol–water partition coefficient (Wildman–Crippen LogP) is 6.35. The van der Waals surface area contributed by atoms with E-state index < -0.39 is 0 Å². The van der Waals surface area contributed by atoms with Gasteiger partial charge in [0, 0.05) is 11.9 Å². The second-order valence-electron chi connectivity index (χ2n) is 6.82. The van der Waals surface area contributed by atoms with Crippen LogP contribution in [0, 0.1) is 18.8 Å². The third-order valence-electron chi connectivity index (χ3n) is 5.04. The summed E-state index contributed by atoms with van der Waals surface area (Å²) in [5.74, 6) is 1.74. The summed E-state index contributed by atoms with van der Waals surface area (Å²) in [6.45, 7) is 11.1. The Balaban J connectivity index is 2.13. The average molecular weight is 297 g/mol. The van der Waals surface area contributed by atoms with Crippen molar-refractivity contribution in [3.63, 3.8) is 0 Å². The summed E-state index contributed by atoms with van der Waals surface area (Å²) in [7, 11) is 0. The van der Waals surface area contributed by atoms with Crippen molar-refractivity contribution in [3.05, 3.63) is 47.3 Å². The van der Waals surface area contributed by atoms with Gasteiger partial charge in [-0.25, -0.2) is 0 Å². The fraction of sp³-hybridized carbons (Fsp3) is 0.571. The molecule has 120 valence electrons. The molecule has 1 fully saturated rings. The maximum absolute atomic E-state index is 4.43. The lowest BCUT2D eigenvalue weighted by molar-refractivity contribution is 0.489. The van der Waals surface area contributed by atoms with Gasteiger partial charge in [0.25, 0.3) is 0 Å². The minimum Gasteiger partial charge on any atom is -0.261 e. The Morgan fingerprint density at radius 2 is 2.09 bits per heavy atom. The number of nitrogens with zero attached hydrogens (tertiary/aromatic N) is 1. The Morgan fingerprint density at radius 1 is 1.36 bits per heavy atom. The van der Waals surface area contributed by atoms with E-state index in [2.05, 4.69) is 44.5 Å². The van der Waals surface area contributed by atoms with Crippen molar-refractivity contribution in [3.8, 4) is 0 Å². The van der Waals surface area contributed by atoms with Gasteiger partial charge in [0.15, 0.2) is 0 Å². The van der Waals surface area contributed by atoms with E-state index in [1.54, 1.807) is 0 Å². The molecule has 1 nitrogen and oxygen atoms in total. The number of allylic oxidation sites excluding steroid dienone is 2. The Kier molecular flexibility index (Phi) is 6.42. The van der Waals surface area contributed by atoms with E-state index in [0.29, 0.717) is 0 Å². The van der Waals surface area contributed by atoms with Gasteiger partial charge in [-0.2, -0.15) is 0 Å². The van der Waals surface area contributed by atoms with Gasteiger partial charge in [0.1, 0.15) is 0 Å². The van der Waals surface area contributed by atoms with Crippen LogP contribution in [0.15, 0.2) is 36.1 Å². The van der Waals surface area contributed by atoms with E-state index in [9.17, 15) is 0 Å². The minimum absolute atomic E-state index is 0.770. The van der Waals surface area contributed by atoms with E-state index >= 15 is 0 Å². The number of aromatic nitrogens is 1. The Morgan fingerprint density at radius 3 is 2.68 bits per heavy atom. The van der Waals surface area contributed by atoms with Crippen LogP contribution in [0.25, 0.3) is 6.08 Å². The zero-order valence-corrected chi connectivity index (χ0v) is 14.6. The van der Waals surface area contributed by atoms with Crippen LogP contribution in [-0.4, -0.2) is 4.98 Å². The fourth-order valence-electron chi connectivity index (χ4n) is 3.01. The first-order valence-electron chi connectivity index (χ1n) is 8.94. The molecule has 22 heavy (non-hydrogen) atoms. The van der Waals surface area contributed by atoms with Crippen LogP contribution in [0.4, 0.5) is 0 Å². The monoisotopic (exact) mass is 297 g/mol. The molecule has 1 aliphatic carbocycles. The first-order valence-corrected chi connectivity index (χ1v) is 8.94. The highest BCUT2D eigenvalue weighted by molar-refractivity contribution is 5.59. The fourth-order valence-corrected chi connectivity index (χ4v) is 3.01. The van der Waals surface area contributed by atoms with Crippen LogP contribution < -0.4 is 0 Å². The zero-order valence-electron chi connectivity index (χ0n) is 14.6. The summed E-state index contributed by atoms with van der Waals surface area (Å²) in [6.07, 6.45) is 13.2. The van der Waals surface area contributed by atoms with E-state index in [0.717, 1.165) is 24.0 Å². The number of aryl methyl sites for hydroxylation is 1. The molecule has 1 aliphatic rings. The smallest absolute Gasteiger partial charge is 0.0444 e. The Hall–Kier alpha value is -1.37. The quantitative estimate of drug-likeness (QED) is 0.484. The molecular formula is C21H31N. The second-order valence-corrected chi connectivity index (χ2v) is 6.82.